The van der Waals surface area contributed by atoms with Gasteiger partial charge in [0.1, 0.15) is 12.4 Å². The molecular formula is C19H25N9O. The standard InChI is InChI=1S/C19H25N9O/c1-14-8-21-28(10-14)16-5-7-25(12-16)19(29)22-15-9-20-26(11-15)13-18-24-23-17-4-2-3-6-27(17)18/h8-11,16H,2-7,12-13H2,1H3,(H,22,29). The molecule has 2 amide bonds. The third-order valence-corrected chi connectivity index (χ3v) is 5.68. The molecule has 2 aliphatic rings. The van der Waals surface area contributed by atoms with Crippen molar-refractivity contribution in [3.63, 3.8) is 0 Å². The highest BCUT2D eigenvalue weighted by atomic mass is 16.2. The molecule has 1 saturated heterocycles. The first-order chi connectivity index (χ1) is 14.2. The van der Waals surface area contributed by atoms with Gasteiger partial charge in [-0.3, -0.25) is 9.36 Å². The zero-order chi connectivity index (χ0) is 19.8. The Morgan fingerprint density at radius 3 is 2.97 bits per heavy atom. The molecule has 1 fully saturated rings. The second kappa shape index (κ2) is 7.34. The molecule has 5 heterocycles. The van der Waals surface area contributed by atoms with E-state index in [1.165, 1.54) is 6.42 Å². The summed E-state index contributed by atoms with van der Waals surface area (Å²) in [6, 6.07) is 0.132. The van der Waals surface area contributed by atoms with Crippen LogP contribution in [0.3, 0.4) is 0 Å². The summed E-state index contributed by atoms with van der Waals surface area (Å²) in [5.41, 5.74) is 1.82. The highest BCUT2D eigenvalue weighted by Crippen LogP contribution is 2.22. The van der Waals surface area contributed by atoms with Crippen molar-refractivity contribution in [3.8, 4) is 0 Å². The van der Waals surface area contributed by atoms with E-state index in [0.717, 1.165) is 49.6 Å². The summed E-state index contributed by atoms with van der Waals surface area (Å²) in [4.78, 5) is 14.5. The van der Waals surface area contributed by atoms with E-state index >= 15 is 0 Å². The molecule has 0 aliphatic carbocycles. The molecule has 2 aliphatic heterocycles. The van der Waals surface area contributed by atoms with E-state index in [2.05, 4.69) is 30.3 Å². The van der Waals surface area contributed by atoms with Gasteiger partial charge in [0, 0.05) is 38.4 Å². The summed E-state index contributed by atoms with van der Waals surface area (Å²) < 4.78 is 5.94. The second-order valence-electron chi connectivity index (χ2n) is 7.88. The van der Waals surface area contributed by atoms with Crippen LogP contribution in [0.15, 0.2) is 24.8 Å². The molecule has 0 spiro atoms. The van der Waals surface area contributed by atoms with Crippen LogP contribution in [0.4, 0.5) is 10.5 Å². The van der Waals surface area contributed by atoms with Gasteiger partial charge in [-0.05, 0) is 31.7 Å². The summed E-state index contributed by atoms with van der Waals surface area (Å²) in [5, 5.41) is 20.3. The van der Waals surface area contributed by atoms with E-state index in [9.17, 15) is 4.79 Å². The second-order valence-corrected chi connectivity index (χ2v) is 7.88. The molecule has 10 nitrogen and oxygen atoms in total. The third kappa shape index (κ3) is 3.62. The van der Waals surface area contributed by atoms with Crippen molar-refractivity contribution in [2.45, 2.75) is 51.7 Å². The number of rotatable bonds is 4. The van der Waals surface area contributed by atoms with Crippen molar-refractivity contribution in [2.75, 3.05) is 18.4 Å². The summed E-state index contributed by atoms with van der Waals surface area (Å²) in [6.07, 6.45) is 11.6. The normalized spacial score (nSPS) is 18.8. The number of carbonyl (C=O) groups is 1. The lowest BCUT2D eigenvalue weighted by molar-refractivity contribution is 0.220. The van der Waals surface area contributed by atoms with Crippen molar-refractivity contribution in [2.24, 2.45) is 0 Å². The van der Waals surface area contributed by atoms with Crippen LogP contribution in [0.1, 0.15) is 42.5 Å². The first-order valence-corrected chi connectivity index (χ1v) is 10.2. The largest absolute Gasteiger partial charge is 0.322 e. The fraction of sp³-hybridized carbons (Fsp3) is 0.526. The molecule has 3 aromatic heterocycles. The zero-order valence-corrected chi connectivity index (χ0v) is 16.5. The van der Waals surface area contributed by atoms with Gasteiger partial charge >= 0.3 is 6.03 Å². The first-order valence-electron chi connectivity index (χ1n) is 10.2. The van der Waals surface area contributed by atoms with Gasteiger partial charge < -0.3 is 14.8 Å². The number of likely N-dealkylation sites (tertiary alicyclic amines) is 1. The number of hydrogen-bond donors (Lipinski definition) is 1. The molecule has 0 saturated carbocycles. The van der Waals surface area contributed by atoms with Gasteiger partial charge in [-0.1, -0.05) is 0 Å². The Labute approximate surface area is 168 Å². The van der Waals surface area contributed by atoms with Gasteiger partial charge in [-0.25, -0.2) is 4.79 Å². The highest BCUT2D eigenvalue weighted by molar-refractivity contribution is 5.89. The molecule has 1 N–H and O–H groups in total. The number of urea groups is 1. The minimum absolute atomic E-state index is 0.101. The monoisotopic (exact) mass is 395 g/mol. The number of aryl methyl sites for hydroxylation is 2. The van der Waals surface area contributed by atoms with Crippen molar-refractivity contribution in [1.29, 1.82) is 0 Å². The molecule has 10 heteroatoms. The van der Waals surface area contributed by atoms with Gasteiger partial charge in [0.15, 0.2) is 5.82 Å². The number of nitrogens with one attached hydrogen (secondary N) is 1. The average Bonchev–Trinajstić information content (AvgIpc) is 3.50. The quantitative estimate of drug-likeness (QED) is 0.727. The lowest BCUT2D eigenvalue weighted by Gasteiger charge is -2.16. The Morgan fingerprint density at radius 2 is 2.10 bits per heavy atom. The van der Waals surface area contributed by atoms with E-state index in [1.807, 2.05) is 35.1 Å². The van der Waals surface area contributed by atoms with Crippen LogP contribution in [0.5, 0.6) is 0 Å². The van der Waals surface area contributed by atoms with Crippen LogP contribution in [0.25, 0.3) is 0 Å². The van der Waals surface area contributed by atoms with Crippen LogP contribution in [0.2, 0.25) is 0 Å². The van der Waals surface area contributed by atoms with E-state index in [4.69, 9.17) is 0 Å². The molecule has 152 valence electrons. The van der Waals surface area contributed by atoms with Gasteiger partial charge in [0.05, 0.1) is 24.1 Å². The van der Waals surface area contributed by atoms with Gasteiger partial charge in [-0.15, -0.1) is 10.2 Å². The molecular weight excluding hydrogens is 370 g/mol. The van der Waals surface area contributed by atoms with E-state index in [0.29, 0.717) is 18.8 Å². The number of hydrogen-bond acceptors (Lipinski definition) is 5. The van der Waals surface area contributed by atoms with Crippen LogP contribution in [-0.2, 0) is 19.5 Å². The SMILES string of the molecule is Cc1cnn(C2CCN(C(=O)Nc3cnn(Cc4nnc5n4CCCC5)c3)C2)c1. The summed E-state index contributed by atoms with van der Waals surface area (Å²) >= 11 is 0. The maximum absolute atomic E-state index is 12.6. The Hall–Kier alpha value is -3.17. The van der Waals surface area contributed by atoms with E-state index < -0.39 is 0 Å². The fourth-order valence-corrected chi connectivity index (χ4v) is 4.12. The molecule has 0 aromatic carbocycles. The average molecular weight is 395 g/mol. The van der Waals surface area contributed by atoms with Crippen molar-refractivity contribution in [3.05, 3.63) is 42.0 Å². The van der Waals surface area contributed by atoms with Crippen molar-refractivity contribution < 1.29 is 4.79 Å². The van der Waals surface area contributed by atoms with Crippen LogP contribution < -0.4 is 5.32 Å². The van der Waals surface area contributed by atoms with Crippen molar-refractivity contribution >= 4 is 11.7 Å². The van der Waals surface area contributed by atoms with E-state index in [1.54, 1.807) is 10.9 Å². The molecule has 3 aromatic rings. The predicted octanol–water partition coefficient (Wildman–Crippen LogP) is 1.84. The number of nitrogens with zero attached hydrogens (tertiary/aromatic N) is 8. The molecule has 1 atom stereocenters. The number of anilines is 1. The van der Waals surface area contributed by atoms with Gasteiger partial charge in [-0.2, -0.15) is 10.2 Å². The Morgan fingerprint density at radius 1 is 1.17 bits per heavy atom. The lowest BCUT2D eigenvalue weighted by atomic mass is 10.2. The third-order valence-electron chi connectivity index (χ3n) is 5.68. The molecule has 5 rings (SSSR count). The predicted molar refractivity (Wildman–Crippen MR) is 105 cm³/mol. The number of fused-ring (bicyclic) bond motifs is 1. The lowest BCUT2D eigenvalue weighted by Crippen LogP contribution is -2.33. The minimum atomic E-state index is -0.101. The number of aromatic nitrogens is 7. The van der Waals surface area contributed by atoms with Gasteiger partial charge in [0.25, 0.3) is 0 Å². The maximum atomic E-state index is 12.6. The molecule has 1 unspecified atom stereocenters. The smallest absolute Gasteiger partial charge is 0.322 e. The van der Waals surface area contributed by atoms with Crippen LogP contribution >= 0.6 is 0 Å². The topological polar surface area (TPSA) is 98.7 Å². The maximum Gasteiger partial charge on any atom is 0.322 e. The summed E-state index contributed by atoms with van der Waals surface area (Å²) in [6.45, 7) is 4.92. The number of amides is 2. The Bertz CT molecular complexity index is 1020. The molecule has 29 heavy (non-hydrogen) atoms. The Balaban J connectivity index is 1.19. The van der Waals surface area contributed by atoms with E-state index in [-0.39, 0.29) is 12.1 Å². The minimum Gasteiger partial charge on any atom is -0.322 e. The number of carbonyl (C=O) groups excluding carboxylic acids is 1. The van der Waals surface area contributed by atoms with Crippen molar-refractivity contribution in [1.82, 2.24) is 39.2 Å². The zero-order valence-electron chi connectivity index (χ0n) is 16.5. The van der Waals surface area contributed by atoms with Gasteiger partial charge in [0.2, 0.25) is 0 Å². The Kier molecular flexibility index (Phi) is 4.53. The highest BCUT2D eigenvalue weighted by Gasteiger charge is 2.28. The summed E-state index contributed by atoms with van der Waals surface area (Å²) in [7, 11) is 0. The first kappa shape index (κ1) is 17.9. The van der Waals surface area contributed by atoms with Crippen LogP contribution in [0, 0.1) is 6.92 Å². The molecule has 0 bridgehead atoms. The summed E-state index contributed by atoms with van der Waals surface area (Å²) in [5.74, 6) is 1.97. The van der Waals surface area contributed by atoms with Crippen LogP contribution in [-0.4, -0.2) is 58.3 Å². The fourth-order valence-electron chi connectivity index (χ4n) is 4.12. The molecule has 0 radical (unpaired) electrons.